The molecule has 0 amide bonds. The summed E-state index contributed by atoms with van der Waals surface area (Å²) in [6, 6.07) is 9.56. The minimum Gasteiger partial charge on any atom is -0.492 e. The van der Waals surface area contributed by atoms with E-state index in [1.807, 2.05) is 42.6 Å². The number of hydrogen-bond acceptors (Lipinski definition) is 9. The fourth-order valence-electron chi connectivity index (χ4n) is 2.41. The molecule has 3 aromatic heterocycles. The van der Waals surface area contributed by atoms with E-state index in [0.717, 1.165) is 21.3 Å². The van der Waals surface area contributed by atoms with Crippen molar-refractivity contribution >= 4 is 55.5 Å². The van der Waals surface area contributed by atoms with Gasteiger partial charge in [-0.2, -0.15) is 0 Å². The second-order valence-electron chi connectivity index (χ2n) is 5.36. The maximum Gasteiger partial charge on any atom is 0.268 e. The van der Waals surface area contributed by atoms with E-state index in [1.54, 1.807) is 0 Å². The van der Waals surface area contributed by atoms with E-state index in [1.165, 1.54) is 34.4 Å². The first kappa shape index (κ1) is 18.0. The van der Waals surface area contributed by atoms with Crippen LogP contribution in [0.25, 0.3) is 10.2 Å². The summed E-state index contributed by atoms with van der Waals surface area (Å²) < 4.78 is 7.05. The predicted octanol–water partition coefficient (Wildman–Crippen LogP) is 4.27. The summed E-state index contributed by atoms with van der Waals surface area (Å²) in [7, 11) is 0. The molecule has 10 heteroatoms. The molecule has 3 heterocycles. The van der Waals surface area contributed by atoms with Crippen LogP contribution in [-0.2, 0) is 5.75 Å². The Morgan fingerprint density at radius 3 is 3.04 bits per heavy atom. The number of aromatic amines is 1. The van der Waals surface area contributed by atoms with Crippen LogP contribution in [0.5, 0.6) is 5.75 Å². The molecule has 7 nitrogen and oxygen atoms in total. The van der Waals surface area contributed by atoms with Gasteiger partial charge in [0.1, 0.15) is 16.3 Å². The number of nitrogens with one attached hydrogen (secondary N) is 2. The van der Waals surface area contributed by atoms with E-state index in [4.69, 9.17) is 4.74 Å². The van der Waals surface area contributed by atoms with Crippen LogP contribution in [-0.4, -0.2) is 26.8 Å². The van der Waals surface area contributed by atoms with Gasteiger partial charge in [-0.25, -0.2) is 4.98 Å². The number of thioether (sulfide) groups is 1. The second kappa shape index (κ2) is 8.07. The van der Waals surface area contributed by atoms with Crippen LogP contribution in [0.4, 0.5) is 10.8 Å². The lowest BCUT2D eigenvalue weighted by atomic mass is 10.3. The van der Waals surface area contributed by atoms with Crippen molar-refractivity contribution in [3.8, 4) is 5.75 Å². The molecular formula is C17H15N5O2S3. The number of ether oxygens (including phenoxy) is 1. The summed E-state index contributed by atoms with van der Waals surface area (Å²) in [5, 5.41) is 14.2. The van der Waals surface area contributed by atoms with Gasteiger partial charge in [0, 0.05) is 0 Å². The summed E-state index contributed by atoms with van der Waals surface area (Å²) in [6.07, 6.45) is 0. The molecule has 2 N–H and O–H groups in total. The Morgan fingerprint density at radius 1 is 1.26 bits per heavy atom. The fourth-order valence-corrected chi connectivity index (χ4v) is 4.77. The van der Waals surface area contributed by atoms with Crippen LogP contribution in [0.2, 0.25) is 0 Å². The van der Waals surface area contributed by atoms with Gasteiger partial charge in [-0.05, 0) is 30.5 Å². The number of H-pyrrole nitrogens is 1. The molecule has 0 saturated carbocycles. The van der Waals surface area contributed by atoms with Crippen LogP contribution < -0.4 is 15.6 Å². The molecule has 0 bridgehead atoms. The number of fused-ring (bicyclic) bond motifs is 1. The Morgan fingerprint density at radius 2 is 2.15 bits per heavy atom. The molecular weight excluding hydrogens is 402 g/mol. The number of hydrogen-bond donors (Lipinski definition) is 2. The Kier molecular flexibility index (Phi) is 5.37. The number of thiophene rings is 1. The summed E-state index contributed by atoms with van der Waals surface area (Å²) >= 11 is 4.32. The minimum atomic E-state index is -0.0993. The normalized spacial score (nSPS) is 11.0. The van der Waals surface area contributed by atoms with Crippen molar-refractivity contribution in [2.24, 2.45) is 0 Å². The Hall–Kier alpha value is -2.43. The smallest absolute Gasteiger partial charge is 0.268 e. The van der Waals surface area contributed by atoms with Crippen molar-refractivity contribution in [2.45, 2.75) is 17.0 Å². The van der Waals surface area contributed by atoms with Crippen molar-refractivity contribution in [3.63, 3.8) is 0 Å². The first-order valence-corrected chi connectivity index (χ1v) is 10.8. The van der Waals surface area contributed by atoms with Crippen LogP contribution in [0, 0.1) is 0 Å². The Bertz CT molecular complexity index is 1120. The number of aromatic nitrogens is 4. The van der Waals surface area contributed by atoms with E-state index < -0.39 is 0 Å². The highest BCUT2D eigenvalue weighted by molar-refractivity contribution is 8.00. The molecule has 0 spiro atoms. The summed E-state index contributed by atoms with van der Waals surface area (Å²) in [4.78, 5) is 19.3. The SMILES string of the molecule is CCOc1ccccc1Nc1nnc(SCc2nc3ccsc3c(=O)[nH]2)s1. The summed E-state index contributed by atoms with van der Waals surface area (Å²) in [5.41, 5.74) is 1.48. The molecule has 0 atom stereocenters. The highest BCUT2D eigenvalue weighted by Crippen LogP contribution is 2.32. The zero-order valence-corrected chi connectivity index (χ0v) is 16.7. The van der Waals surface area contributed by atoms with Gasteiger partial charge in [0.05, 0.1) is 23.6 Å². The van der Waals surface area contributed by atoms with Gasteiger partial charge < -0.3 is 15.0 Å². The van der Waals surface area contributed by atoms with Crippen molar-refractivity contribution in [1.29, 1.82) is 0 Å². The lowest BCUT2D eigenvalue weighted by Crippen LogP contribution is -2.09. The lowest BCUT2D eigenvalue weighted by molar-refractivity contribution is 0.342. The topological polar surface area (TPSA) is 92.8 Å². The van der Waals surface area contributed by atoms with Crippen LogP contribution >= 0.6 is 34.4 Å². The van der Waals surface area contributed by atoms with E-state index >= 15 is 0 Å². The molecule has 0 aliphatic carbocycles. The summed E-state index contributed by atoms with van der Waals surface area (Å²) in [5.74, 6) is 1.92. The first-order chi connectivity index (χ1) is 13.2. The van der Waals surface area contributed by atoms with Gasteiger partial charge in [0.2, 0.25) is 5.13 Å². The van der Waals surface area contributed by atoms with Gasteiger partial charge in [0.25, 0.3) is 5.56 Å². The standard InChI is InChI=1S/C17H15N5O2S3/c1-2-24-12-6-4-3-5-10(12)19-16-21-22-17(27-16)26-9-13-18-11-7-8-25-14(11)15(23)20-13/h3-8H,2,9H2,1H3,(H,19,21)(H,18,20,23). The maximum absolute atomic E-state index is 12.0. The zero-order valence-electron chi connectivity index (χ0n) is 14.3. The fraction of sp³-hybridized carbons (Fsp3) is 0.176. The number of benzene rings is 1. The van der Waals surface area contributed by atoms with Crippen LogP contribution in [0.1, 0.15) is 12.7 Å². The second-order valence-corrected chi connectivity index (χ2v) is 8.48. The maximum atomic E-state index is 12.0. The molecule has 0 fully saturated rings. The van der Waals surface area contributed by atoms with Gasteiger partial charge >= 0.3 is 0 Å². The average molecular weight is 418 g/mol. The minimum absolute atomic E-state index is 0.0993. The van der Waals surface area contributed by atoms with E-state index in [-0.39, 0.29) is 5.56 Å². The molecule has 0 aliphatic rings. The summed E-state index contributed by atoms with van der Waals surface area (Å²) in [6.45, 7) is 2.54. The number of anilines is 2. The van der Waals surface area contributed by atoms with Crippen molar-refractivity contribution in [2.75, 3.05) is 11.9 Å². The number of nitrogens with zero attached hydrogens (tertiary/aromatic N) is 3. The van der Waals surface area contributed by atoms with E-state index in [2.05, 4.69) is 25.5 Å². The highest BCUT2D eigenvalue weighted by Gasteiger charge is 2.10. The molecule has 0 unspecified atom stereocenters. The zero-order chi connectivity index (χ0) is 18.6. The van der Waals surface area contributed by atoms with Gasteiger partial charge in [-0.3, -0.25) is 4.79 Å². The number of rotatable bonds is 7. The lowest BCUT2D eigenvalue weighted by Gasteiger charge is -2.09. The van der Waals surface area contributed by atoms with Crippen molar-refractivity contribution in [3.05, 3.63) is 51.9 Å². The Labute approximate surface area is 166 Å². The molecule has 0 radical (unpaired) electrons. The van der Waals surface area contributed by atoms with Crippen LogP contribution in [0.3, 0.4) is 0 Å². The van der Waals surface area contributed by atoms with E-state index in [9.17, 15) is 4.79 Å². The molecule has 0 aliphatic heterocycles. The quantitative estimate of drug-likeness (QED) is 0.434. The predicted molar refractivity (Wildman–Crippen MR) is 111 cm³/mol. The first-order valence-electron chi connectivity index (χ1n) is 8.14. The van der Waals surface area contributed by atoms with Gasteiger partial charge in [0.15, 0.2) is 4.34 Å². The monoisotopic (exact) mass is 417 g/mol. The molecule has 4 aromatic rings. The third kappa shape index (κ3) is 4.12. The third-order valence-corrected chi connectivity index (χ3v) is 6.42. The molecule has 0 saturated heterocycles. The number of para-hydroxylation sites is 2. The van der Waals surface area contributed by atoms with E-state index in [0.29, 0.717) is 28.0 Å². The molecule has 27 heavy (non-hydrogen) atoms. The highest BCUT2D eigenvalue weighted by atomic mass is 32.2. The molecule has 138 valence electrons. The van der Waals surface area contributed by atoms with Crippen LogP contribution in [0.15, 0.2) is 44.8 Å². The van der Waals surface area contributed by atoms with Gasteiger partial charge in [-0.15, -0.1) is 21.5 Å². The van der Waals surface area contributed by atoms with Crippen molar-refractivity contribution in [1.82, 2.24) is 20.2 Å². The molecule has 4 rings (SSSR count). The van der Waals surface area contributed by atoms with Crippen molar-refractivity contribution < 1.29 is 4.74 Å². The Balaban J connectivity index is 1.44. The largest absolute Gasteiger partial charge is 0.492 e. The average Bonchev–Trinajstić information content (AvgIpc) is 3.31. The van der Waals surface area contributed by atoms with Gasteiger partial charge in [-0.1, -0.05) is 35.2 Å². The third-order valence-electron chi connectivity index (χ3n) is 3.53. The molecule has 1 aromatic carbocycles.